The van der Waals surface area contributed by atoms with Crippen LogP contribution in [0.2, 0.25) is 0 Å². The highest BCUT2D eigenvalue weighted by Crippen LogP contribution is 2.48. The first-order valence-corrected chi connectivity index (χ1v) is 11.0. The maximum atomic E-state index is 13.2. The second-order valence-electron chi connectivity index (χ2n) is 8.26. The third-order valence-corrected chi connectivity index (χ3v) is 5.72. The fraction of sp³-hybridized carbons (Fsp3) is 0.385. The smallest absolute Gasteiger partial charge is 0.336 e. The molecular weight excluding hydrogens is 406 g/mol. The molecule has 0 fully saturated rings. The Hall–Kier alpha value is -3.12. The molecule has 1 aliphatic carbocycles. The zero-order valence-corrected chi connectivity index (χ0v) is 19.1. The summed E-state index contributed by atoms with van der Waals surface area (Å²) < 4.78 is 10.7. The van der Waals surface area contributed by atoms with Gasteiger partial charge in [0, 0.05) is 23.7 Å². The van der Waals surface area contributed by atoms with Crippen LogP contribution >= 0.6 is 0 Å². The van der Waals surface area contributed by atoms with Crippen molar-refractivity contribution in [2.45, 2.75) is 45.6 Å². The molecule has 0 heterocycles. The van der Waals surface area contributed by atoms with Crippen molar-refractivity contribution in [2.75, 3.05) is 18.5 Å². The van der Waals surface area contributed by atoms with Crippen molar-refractivity contribution in [3.8, 4) is 0 Å². The number of aliphatic hydroxyl groups is 1. The number of ether oxygens (including phenoxy) is 2. The molecule has 0 bridgehead atoms. The van der Waals surface area contributed by atoms with E-state index in [1.165, 1.54) is 0 Å². The standard InChI is InChI=1S/C26H31NO5/c1-5-31-24(28)22-20(27-19-14-12-17(3)13-15-19)16-26(4,30)23(25(29)32-6-2)21(22)18-10-8-7-9-11-18/h7-15,21,23,27,30H,5-6,16H2,1-4H3/t21-,23+,26+/m0/s1. The van der Waals surface area contributed by atoms with E-state index in [0.29, 0.717) is 11.3 Å². The summed E-state index contributed by atoms with van der Waals surface area (Å²) >= 11 is 0. The molecule has 1 aliphatic rings. The van der Waals surface area contributed by atoms with Crippen LogP contribution < -0.4 is 5.32 Å². The van der Waals surface area contributed by atoms with Crippen molar-refractivity contribution in [1.82, 2.24) is 0 Å². The Kier molecular flexibility index (Phi) is 7.36. The zero-order chi connectivity index (χ0) is 23.3. The van der Waals surface area contributed by atoms with Crippen molar-refractivity contribution >= 4 is 17.6 Å². The van der Waals surface area contributed by atoms with Gasteiger partial charge in [0.25, 0.3) is 0 Å². The van der Waals surface area contributed by atoms with Crippen LogP contribution in [0.15, 0.2) is 65.9 Å². The summed E-state index contributed by atoms with van der Waals surface area (Å²) in [5, 5.41) is 14.8. The Balaban J connectivity index is 2.21. The molecule has 0 spiro atoms. The molecule has 0 saturated carbocycles. The molecule has 6 nitrogen and oxygen atoms in total. The van der Waals surface area contributed by atoms with E-state index in [2.05, 4.69) is 5.32 Å². The number of rotatable bonds is 7. The third kappa shape index (κ3) is 5.02. The first kappa shape index (κ1) is 23.5. The summed E-state index contributed by atoms with van der Waals surface area (Å²) in [6.45, 7) is 7.45. The maximum absolute atomic E-state index is 13.2. The van der Waals surface area contributed by atoms with Crippen molar-refractivity contribution in [3.63, 3.8) is 0 Å². The molecular formula is C26H31NO5. The van der Waals surface area contributed by atoms with Crippen LogP contribution in [0.1, 0.15) is 44.2 Å². The maximum Gasteiger partial charge on any atom is 0.336 e. The highest BCUT2D eigenvalue weighted by atomic mass is 16.5. The molecule has 32 heavy (non-hydrogen) atoms. The molecule has 2 aromatic carbocycles. The first-order valence-electron chi connectivity index (χ1n) is 11.0. The van der Waals surface area contributed by atoms with Crippen LogP contribution in [0.4, 0.5) is 5.69 Å². The Labute approximate surface area is 189 Å². The second kappa shape index (κ2) is 10.0. The number of benzene rings is 2. The number of hydrogen-bond acceptors (Lipinski definition) is 6. The number of nitrogens with one attached hydrogen (secondary N) is 1. The number of anilines is 1. The number of esters is 2. The second-order valence-corrected chi connectivity index (χ2v) is 8.26. The minimum Gasteiger partial charge on any atom is -0.466 e. The lowest BCUT2D eigenvalue weighted by molar-refractivity contribution is -0.159. The average Bonchev–Trinajstić information content (AvgIpc) is 2.75. The molecule has 0 aromatic heterocycles. The lowest BCUT2D eigenvalue weighted by Gasteiger charge is -2.43. The molecule has 2 aromatic rings. The number of carbonyl (C=O) groups is 2. The predicted octanol–water partition coefficient (Wildman–Crippen LogP) is 4.34. The number of hydrogen-bond donors (Lipinski definition) is 2. The van der Waals surface area contributed by atoms with Gasteiger partial charge in [0.05, 0.1) is 30.3 Å². The predicted molar refractivity (Wildman–Crippen MR) is 123 cm³/mol. The van der Waals surface area contributed by atoms with Crippen LogP contribution in [0.5, 0.6) is 0 Å². The molecule has 170 valence electrons. The van der Waals surface area contributed by atoms with E-state index >= 15 is 0 Å². The largest absolute Gasteiger partial charge is 0.466 e. The highest BCUT2D eigenvalue weighted by Gasteiger charge is 2.52. The summed E-state index contributed by atoms with van der Waals surface area (Å²) in [6, 6.07) is 17.0. The molecule has 2 N–H and O–H groups in total. The topological polar surface area (TPSA) is 84.9 Å². The zero-order valence-electron chi connectivity index (χ0n) is 19.1. The van der Waals surface area contributed by atoms with Crippen LogP contribution in [-0.4, -0.2) is 35.9 Å². The summed E-state index contributed by atoms with van der Waals surface area (Å²) in [5.74, 6) is -2.75. The van der Waals surface area contributed by atoms with Gasteiger partial charge in [-0.05, 0) is 45.4 Å². The van der Waals surface area contributed by atoms with Gasteiger partial charge in [0.15, 0.2) is 0 Å². The van der Waals surface area contributed by atoms with E-state index in [-0.39, 0.29) is 19.6 Å². The molecule has 3 atom stereocenters. The van der Waals surface area contributed by atoms with Crippen LogP contribution in [0, 0.1) is 12.8 Å². The minimum absolute atomic E-state index is 0.0713. The van der Waals surface area contributed by atoms with E-state index in [9.17, 15) is 14.7 Å². The number of carbonyl (C=O) groups excluding carboxylic acids is 2. The first-order chi connectivity index (χ1) is 15.3. The van der Waals surface area contributed by atoms with Crippen molar-refractivity contribution in [1.29, 1.82) is 0 Å². The quantitative estimate of drug-likeness (QED) is 0.627. The molecule has 3 rings (SSSR count). The van der Waals surface area contributed by atoms with Gasteiger partial charge in [0.1, 0.15) is 0 Å². The molecule has 0 amide bonds. The SMILES string of the molecule is CCOC(=O)C1=C(Nc2ccc(C)cc2)C[C@@](C)(O)[C@@H](C(=O)OCC)[C@H]1c1ccccc1. The Morgan fingerprint density at radius 1 is 1.03 bits per heavy atom. The van der Waals surface area contributed by atoms with Crippen LogP contribution in [-0.2, 0) is 19.1 Å². The Morgan fingerprint density at radius 3 is 2.25 bits per heavy atom. The van der Waals surface area contributed by atoms with Crippen molar-refractivity contribution in [3.05, 3.63) is 77.0 Å². The molecule has 0 saturated heterocycles. The van der Waals surface area contributed by atoms with Gasteiger partial charge in [-0.3, -0.25) is 4.79 Å². The summed E-state index contributed by atoms with van der Waals surface area (Å²) in [6.07, 6.45) is 0.0713. The summed E-state index contributed by atoms with van der Waals surface area (Å²) in [5.41, 5.74) is 2.04. The number of aryl methyl sites for hydroxylation is 1. The van der Waals surface area contributed by atoms with E-state index in [1.807, 2.05) is 61.5 Å². The van der Waals surface area contributed by atoms with Gasteiger partial charge in [-0.25, -0.2) is 4.79 Å². The normalized spacial score (nSPS) is 22.9. The molecule has 6 heteroatoms. The molecule has 0 radical (unpaired) electrons. The van der Waals surface area contributed by atoms with Gasteiger partial charge >= 0.3 is 11.9 Å². The molecule has 0 aliphatic heterocycles. The average molecular weight is 438 g/mol. The summed E-state index contributed by atoms with van der Waals surface area (Å²) in [7, 11) is 0. The van der Waals surface area contributed by atoms with E-state index < -0.39 is 29.4 Å². The van der Waals surface area contributed by atoms with Crippen molar-refractivity contribution in [2.24, 2.45) is 5.92 Å². The monoisotopic (exact) mass is 437 g/mol. The fourth-order valence-corrected chi connectivity index (χ4v) is 4.30. The van der Waals surface area contributed by atoms with Gasteiger partial charge < -0.3 is 19.9 Å². The summed E-state index contributed by atoms with van der Waals surface area (Å²) in [4.78, 5) is 26.3. The Bertz CT molecular complexity index is 979. The minimum atomic E-state index is -1.45. The van der Waals surface area contributed by atoms with E-state index in [1.54, 1.807) is 20.8 Å². The van der Waals surface area contributed by atoms with Crippen LogP contribution in [0.3, 0.4) is 0 Å². The van der Waals surface area contributed by atoms with Crippen molar-refractivity contribution < 1.29 is 24.2 Å². The third-order valence-electron chi connectivity index (χ3n) is 5.72. The molecule has 0 unspecified atom stereocenters. The van der Waals surface area contributed by atoms with Crippen LogP contribution in [0.25, 0.3) is 0 Å². The van der Waals surface area contributed by atoms with Gasteiger partial charge in [0.2, 0.25) is 0 Å². The van der Waals surface area contributed by atoms with Gasteiger partial charge in [-0.1, -0.05) is 48.0 Å². The van der Waals surface area contributed by atoms with E-state index in [4.69, 9.17) is 9.47 Å². The lowest BCUT2D eigenvalue weighted by atomic mass is 9.66. The Morgan fingerprint density at radius 2 is 1.66 bits per heavy atom. The highest BCUT2D eigenvalue weighted by molar-refractivity contribution is 5.94. The fourth-order valence-electron chi connectivity index (χ4n) is 4.30. The van der Waals surface area contributed by atoms with E-state index in [0.717, 1.165) is 16.8 Å². The lowest BCUT2D eigenvalue weighted by Crippen LogP contribution is -2.49. The van der Waals surface area contributed by atoms with Gasteiger partial charge in [-0.2, -0.15) is 0 Å². The van der Waals surface area contributed by atoms with Gasteiger partial charge in [-0.15, -0.1) is 0 Å².